The summed E-state index contributed by atoms with van der Waals surface area (Å²) in [6.45, 7) is 0. The first kappa shape index (κ1) is 11.5. The number of nitrogen functional groups attached to an aromatic ring is 1. The summed E-state index contributed by atoms with van der Waals surface area (Å²) in [6, 6.07) is 2.35. The molecule has 0 unspecified atom stereocenters. The van der Waals surface area contributed by atoms with Gasteiger partial charge in [0, 0.05) is 11.4 Å². The Bertz CT molecular complexity index is 560. The van der Waals surface area contributed by atoms with E-state index in [4.69, 9.17) is 5.73 Å². The van der Waals surface area contributed by atoms with Crippen LogP contribution >= 0.6 is 22.7 Å². The first-order chi connectivity index (χ1) is 8.72. The van der Waals surface area contributed by atoms with E-state index in [9.17, 15) is 4.79 Å². The lowest BCUT2D eigenvalue weighted by atomic mass is 10.4. The maximum atomic E-state index is 12.0. The van der Waals surface area contributed by atoms with Gasteiger partial charge in [-0.1, -0.05) is 11.3 Å². The highest BCUT2D eigenvalue weighted by atomic mass is 32.1. The van der Waals surface area contributed by atoms with Crippen LogP contribution in [-0.2, 0) is 0 Å². The third-order valence-corrected chi connectivity index (χ3v) is 4.23. The third kappa shape index (κ3) is 2.46. The van der Waals surface area contributed by atoms with E-state index in [1.54, 1.807) is 0 Å². The number of carbonyl (C=O) groups is 1. The van der Waals surface area contributed by atoms with Gasteiger partial charge in [0.1, 0.15) is 10.7 Å². The fourth-order valence-electron chi connectivity index (χ4n) is 1.48. The molecule has 18 heavy (non-hydrogen) atoms. The van der Waals surface area contributed by atoms with Crippen molar-refractivity contribution in [3.8, 4) is 0 Å². The normalized spacial score (nSPS) is 14.4. The van der Waals surface area contributed by atoms with Crippen LogP contribution in [0.15, 0.2) is 16.8 Å². The summed E-state index contributed by atoms with van der Waals surface area (Å²) in [5.41, 5.74) is 6.56. The van der Waals surface area contributed by atoms with E-state index in [1.807, 2.05) is 16.8 Å². The lowest BCUT2D eigenvalue weighted by Crippen LogP contribution is -2.11. The third-order valence-electron chi connectivity index (χ3n) is 2.54. The van der Waals surface area contributed by atoms with Crippen LogP contribution in [-0.4, -0.2) is 16.9 Å². The first-order valence-corrected chi connectivity index (χ1v) is 7.34. The number of aromatic nitrogens is 1. The van der Waals surface area contributed by atoms with E-state index < -0.39 is 0 Å². The number of thiazole rings is 1. The smallest absolute Gasteiger partial charge is 0.269 e. The Morgan fingerprint density at radius 3 is 3.00 bits per heavy atom. The van der Waals surface area contributed by atoms with Crippen LogP contribution in [0.4, 0.5) is 16.6 Å². The molecule has 1 aliphatic carbocycles. The average Bonchev–Trinajstić information content (AvgIpc) is 2.85. The van der Waals surface area contributed by atoms with Gasteiger partial charge in [-0.3, -0.25) is 4.79 Å². The minimum Gasteiger partial charge on any atom is -0.382 e. The molecule has 0 radical (unpaired) electrons. The molecule has 0 saturated heterocycles. The van der Waals surface area contributed by atoms with Crippen LogP contribution in [0, 0.1) is 0 Å². The van der Waals surface area contributed by atoms with E-state index >= 15 is 0 Å². The minimum atomic E-state index is -0.202. The first-order valence-electron chi connectivity index (χ1n) is 5.59. The lowest BCUT2D eigenvalue weighted by molar-refractivity contribution is 0.103. The molecule has 4 N–H and O–H groups in total. The fraction of sp³-hybridized carbons (Fsp3) is 0.273. The highest BCUT2D eigenvalue weighted by Crippen LogP contribution is 2.31. The molecular formula is C11H12N4OS2. The summed E-state index contributed by atoms with van der Waals surface area (Å²) >= 11 is 2.83. The number of rotatable bonds is 4. The maximum absolute atomic E-state index is 12.0. The van der Waals surface area contributed by atoms with E-state index in [-0.39, 0.29) is 11.7 Å². The highest BCUT2D eigenvalue weighted by molar-refractivity contribution is 7.18. The standard InChI is InChI=1S/C11H12N4OS2/c12-9-8(10(16)13-7-3-4-17-5-7)18-11(15-9)14-6-1-2-6/h3-6H,1-2,12H2,(H,13,16)(H,14,15). The Labute approximate surface area is 112 Å². The Hall–Kier alpha value is -1.60. The van der Waals surface area contributed by atoms with Crippen LogP contribution in [0.2, 0.25) is 0 Å². The maximum Gasteiger partial charge on any atom is 0.269 e. The van der Waals surface area contributed by atoms with Gasteiger partial charge in [0.05, 0.1) is 5.69 Å². The van der Waals surface area contributed by atoms with Crippen molar-refractivity contribution < 1.29 is 4.79 Å². The topological polar surface area (TPSA) is 80.0 Å². The predicted molar refractivity (Wildman–Crippen MR) is 75.4 cm³/mol. The van der Waals surface area contributed by atoms with Crippen molar-refractivity contribution in [3.63, 3.8) is 0 Å². The number of carbonyl (C=O) groups excluding carboxylic acids is 1. The number of thiophene rings is 1. The molecule has 2 aromatic rings. The Kier molecular flexibility index (Phi) is 2.92. The van der Waals surface area contributed by atoms with E-state index in [1.165, 1.54) is 22.7 Å². The molecule has 0 spiro atoms. The molecule has 0 aromatic carbocycles. The van der Waals surface area contributed by atoms with Gasteiger partial charge in [0.15, 0.2) is 5.13 Å². The van der Waals surface area contributed by atoms with Crippen molar-refractivity contribution in [2.24, 2.45) is 0 Å². The van der Waals surface area contributed by atoms with Gasteiger partial charge in [0.25, 0.3) is 5.91 Å². The summed E-state index contributed by atoms with van der Waals surface area (Å²) in [6.07, 6.45) is 2.33. The van der Waals surface area contributed by atoms with Crippen LogP contribution in [0.25, 0.3) is 0 Å². The molecule has 0 atom stereocenters. The van der Waals surface area contributed by atoms with Crippen molar-refractivity contribution in [2.75, 3.05) is 16.4 Å². The molecule has 2 heterocycles. The molecule has 1 aliphatic rings. The number of nitrogens with zero attached hydrogens (tertiary/aromatic N) is 1. The zero-order valence-electron chi connectivity index (χ0n) is 9.47. The van der Waals surface area contributed by atoms with Crippen LogP contribution in [0.5, 0.6) is 0 Å². The molecule has 0 aliphatic heterocycles. The summed E-state index contributed by atoms with van der Waals surface area (Å²) in [4.78, 5) is 16.6. The van der Waals surface area contributed by atoms with Gasteiger partial charge in [-0.05, 0) is 24.3 Å². The Morgan fingerprint density at radius 1 is 1.50 bits per heavy atom. The number of nitrogens with one attached hydrogen (secondary N) is 2. The van der Waals surface area contributed by atoms with E-state index in [2.05, 4.69) is 15.6 Å². The van der Waals surface area contributed by atoms with Crippen LogP contribution in [0.3, 0.4) is 0 Å². The molecular weight excluding hydrogens is 268 g/mol. The van der Waals surface area contributed by atoms with Gasteiger partial charge in [-0.25, -0.2) is 4.98 Å². The second-order valence-corrected chi connectivity index (χ2v) is 5.90. The minimum absolute atomic E-state index is 0.202. The molecule has 3 rings (SSSR count). The zero-order valence-corrected chi connectivity index (χ0v) is 11.1. The monoisotopic (exact) mass is 280 g/mol. The SMILES string of the molecule is Nc1nc(NC2CC2)sc1C(=O)Nc1ccsc1. The van der Waals surface area contributed by atoms with Gasteiger partial charge < -0.3 is 16.4 Å². The lowest BCUT2D eigenvalue weighted by Gasteiger charge is -1.99. The Morgan fingerprint density at radius 2 is 2.33 bits per heavy atom. The Balaban J connectivity index is 1.73. The van der Waals surface area contributed by atoms with Crippen LogP contribution in [0.1, 0.15) is 22.5 Å². The van der Waals surface area contributed by atoms with E-state index in [0.717, 1.165) is 23.7 Å². The number of hydrogen-bond donors (Lipinski definition) is 3. The summed E-state index contributed by atoms with van der Waals surface area (Å²) in [5, 5.41) is 10.5. The van der Waals surface area contributed by atoms with Gasteiger partial charge in [0.2, 0.25) is 0 Å². The molecule has 7 heteroatoms. The van der Waals surface area contributed by atoms with Crippen molar-refractivity contribution in [2.45, 2.75) is 18.9 Å². The number of hydrogen-bond acceptors (Lipinski definition) is 6. The molecule has 94 valence electrons. The van der Waals surface area contributed by atoms with Crippen molar-refractivity contribution in [3.05, 3.63) is 21.7 Å². The van der Waals surface area contributed by atoms with Crippen molar-refractivity contribution in [1.29, 1.82) is 0 Å². The summed E-state index contributed by atoms with van der Waals surface area (Å²) < 4.78 is 0. The number of nitrogens with two attached hydrogens (primary N) is 1. The average molecular weight is 280 g/mol. The largest absolute Gasteiger partial charge is 0.382 e. The molecule has 5 nitrogen and oxygen atoms in total. The highest BCUT2D eigenvalue weighted by Gasteiger charge is 2.24. The molecule has 1 fully saturated rings. The molecule has 1 amide bonds. The van der Waals surface area contributed by atoms with Gasteiger partial charge in [-0.2, -0.15) is 11.3 Å². The summed E-state index contributed by atoms with van der Waals surface area (Å²) in [5.74, 6) is 0.0862. The van der Waals surface area contributed by atoms with Gasteiger partial charge in [-0.15, -0.1) is 0 Å². The van der Waals surface area contributed by atoms with Crippen LogP contribution < -0.4 is 16.4 Å². The number of anilines is 3. The van der Waals surface area contributed by atoms with Crippen molar-refractivity contribution in [1.82, 2.24) is 4.98 Å². The summed E-state index contributed by atoms with van der Waals surface area (Å²) in [7, 11) is 0. The zero-order chi connectivity index (χ0) is 12.5. The molecule has 0 bridgehead atoms. The molecule has 1 saturated carbocycles. The van der Waals surface area contributed by atoms with E-state index in [0.29, 0.717) is 10.9 Å². The second-order valence-electron chi connectivity index (χ2n) is 4.12. The fourth-order valence-corrected chi connectivity index (χ4v) is 2.93. The predicted octanol–water partition coefficient (Wildman–Crippen LogP) is 2.61. The quantitative estimate of drug-likeness (QED) is 0.804. The van der Waals surface area contributed by atoms with Gasteiger partial charge >= 0.3 is 0 Å². The molecule has 2 aromatic heterocycles. The number of amides is 1. The van der Waals surface area contributed by atoms with Crippen molar-refractivity contribution >= 4 is 45.2 Å². The second kappa shape index (κ2) is 4.58.